The summed E-state index contributed by atoms with van der Waals surface area (Å²) < 4.78 is 0. The van der Waals surface area contributed by atoms with Gasteiger partial charge < -0.3 is 5.11 Å². The average molecular weight is 184 g/mol. The molecule has 1 heteroatoms. The van der Waals surface area contributed by atoms with E-state index < -0.39 is 0 Å². The van der Waals surface area contributed by atoms with Crippen molar-refractivity contribution < 1.29 is 5.11 Å². The maximum atomic E-state index is 9.94. The Hall–Kier alpha value is -0.300. The molecular weight excluding hydrogens is 160 g/mol. The summed E-state index contributed by atoms with van der Waals surface area (Å²) in [6.07, 6.45) is 2.93. The van der Waals surface area contributed by atoms with Gasteiger partial charge in [-0.2, -0.15) is 0 Å². The first-order chi connectivity index (χ1) is 5.77. The molecule has 1 atom stereocenters. The SMILES string of the molecule is CC(C)=CCC(C)(C)C(O)C(C)C. The minimum atomic E-state index is -0.219. The summed E-state index contributed by atoms with van der Waals surface area (Å²) >= 11 is 0. The maximum Gasteiger partial charge on any atom is 0.0616 e. The molecule has 0 radical (unpaired) electrons. The van der Waals surface area contributed by atoms with Crippen LogP contribution in [-0.2, 0) is 0 Å². The quantitative estimate of drug-likeness (QED) is 0.664. The van der Waals surface area contributed by atoms with Crippen LogP contribution in [0.2, 0.25) is 0 Å². The van der Waals surface area contributed by atoms with Gasteiger partial charge in [0.05, 0.1) is 6.10 Å². The molecule has 0 aromatic heterocycles. The summed E-state index contributed by atoms with van der Waals surface area (Å²) in [6.45, 7) is 12.6. The zero-order chi connectivity index (χ0) is 10.6. The van der Waals surface area contributed by atoms with Crippen molar-refractivity contribution in [2.75, 3.05) is 0 Å². The number of allylic oxidation sites excluding steroid dienone is 2. The van der Waals surface area contributed by atoms with Gasteiger partial charge in [0.1, 0.15) is 0 Å². The van der Waals surface area contributed by atoms with Crippen LogP contribution in [-0.4, -0.2) is 11.2 Å². The van der Waals surface area contributed by atoms with Gasteiger partial charge in [0.15, 0.2) is 0 Å². The van der Waals surface area contributed by atoms with E-state index in [-0.39, 0.29) is 11.5 Å². The summed E-state index contributed by atoms with van der Waals surface area (Å²) in [6, 6.07) is 0. The van der Waals surface area contributed by atoms with E-state index in [0.29, 0.717) is 5.92 Å². The van der Waals surface area contributed by atoms with Gasteiger partial charge in [-0.25, -0.2) is 0 Å². The van der Waals surface area contributed by atoms with Crippen molar-refractivity contribution in [3.05, 3.63) is 11.6 Å². The van der Waals surface area contributed by atoms with Crippen molar-refractivity contribution >= 4 is 0 Å². The molecular formula is C12H24O. The zero-order valence-electron chi connectivity index (χ0n) is 9.89. The summed E-state index contributed by atoms with van der Waals surface area (Å²) in [4.78, 5) is 0. The Balaban J connectivity index is 4.30. The Kier molecular flexibility index (Phi) is 4.69. The van der Waals surface area contributed by atoms with Gasteiger partial charge in [-0.3, -0.25) is 0 Å². The number of hydrogen-bond acceptors (Lipinski definition) is 1. The Morgan fingerprint density at radius 2 is 1.77 bits per heavy atom. The molecule has 0 heterocycles. The molecule has 1 N–H and O–H groups in total. The highest BCUT2D eigenvalue weighted by Gasteiger charge is 2.28. The minimum absolute atomic E-state index is 0.00850. The van der Waals surface area contributed by atoms with Crippen LogP contribution in [0.5, 0.6) is 0 Å². The average Bonchev–Trinajstić information content (AvgIpc) is 1.99. The van der Waals surface area contributed by atoms with E-state index in [9.17, 15) is 5.11 Å². The molecule has 1 nitrogen and oxygen atoms in total. The van der Waals surface area contributed by atoms with Crippen LogP contribution >= 0.6 is 0 Å². The highest BCUT2D eigenvalue weighted by Crippen LogP contribution is 2.30. The van der Waals surface area contributed by atoms with Crippen molar-refractivity contribution in [3.63, 3.8) is 0 Å². The van der Waals surface area contributed by atoms with Gasteiger partial charge in [0, 0.05) is 0 Å². The van der Waals surface area contributed by atoms with E-state index in [1.54, 1.807) is 0 Å². The molecule has 0 bridgehead atoms. The first-order valence-electron chi connectivity index (χ1n) is 5.09. The van der Waals surface area contributed by atoms with Crippen LogP contribution in [0.3, 0.4) is 0 Å². The van der Waals surface area contributed by atoms with Crippen LogP contribution in [0, 0.1) is 11.3 Å². The van der Waals surface area contributed by atoms with E-state index in [2.05, 4.69) is 47.6 Å². The summed E-state index contributed by atoms with van der Waals surface area (Å²) in [7, 11) is 0. The Morgan fingerprint density at radius 1 is 1.31 bits per heavy atom. The van der Waals surface area contributed by atoms with E-state index >= 15 is 0 Å². The molecule has 78 valence electrons. The lowest BCUT2D eigenvalue weighted by Gasteiger charge is -2.32. The van der Waals surface area contributed by atoms with Gasteiger partial charge in [-0.15, -0.1) is 0 Å². The minimum Gasteiger partial charge on any atom is -0.392 e. The molecule has 0 amide bonds. The largest absolute Gasteiger partial charge is 0.392 e. The normalized spacial score (nSPS) is 14.5. The second-order valence-corrected chi connectivity index (χ2v) is 5.16. The molecule has 1 unspecified atom stereocenters. The van der Waals surface area contributed by atoms with E-state index in [1.165, 1.54) is 5.57 Å². The molecule has 0 spiro atoms. The standard InChI is InChI=1S/C12H24O/c1-9(2)7-8-12(5,6)11(13)10(3)4/h7,10-11,13H,8H2,1-6H3. The second kappa shape index (κ2) is 4.80. The molecule has 0 aliphatic carbocycles. The fourth-order valence-corrected chi connectivity index (χ4v) is 1.49. The van der Waals surface area contributed by atoms with Crippen molar-refractivity contribution in [2.24, 2.45) is 11.3 Å². The molecule has 0 saturated carbocycles. The lowest BCUT2D eigenvalue weighted by molar-refractivity contribution is 0.0149. The molecule has 0 aromatic rings. The van der Waals surface area contributed by atoms with Crippen LogP contribution in [0.4, 0.5) is 0 Å². The van der Waals surface area contributed by atoms with Crippen LogP contribution in [0.1, 0.15) is 48.0 Å². The zero-order valence-corrected chi connectivity index (χ0v) is 9.89. The number of hydrogen-bond donors (Lipinski definition) is 1. The summed E-state index contributed by atoms with van der Waals surface area (Å²) in [5, 5.41) is 9.94. The highest BCUT2D eigenvalue weighted by molar-refractivity contribution is 4.97. The fourth-order valence-electron chi connectivity index (χ4n) is 1.49. The van der Waals surface area contributed by atoms with Crippen molar-refractivity contribution in [2.45, 2.75) is 54.1 Å². The number of rotatable bonds is 4. The predicted molar refractivity (Wildman–Crippen MR) is 58.7 cm³/mol. The third-order valence-corrected chi connectivity index (χ3v) is 2.47. The van der Waals surface area contributed by atoms with E-state index in [0.717, 1.165) is 6.42 Å². The Morgan fingerprint density at radius 3 is 2.08 bits per heavy atom. The first-order valence-corrected chi connectivity index (χ1v) is 5.09. The summed E-state index contributed by atoms with van der Waals surface area (Å²) in [5.74, 6) is 0.334. The van der Waals surface area contributed by atoms with Gasteiger partial charge in [0.2, 0.25) is 0 Å². The Labute approximate surface area is 82.9 Å². The molecule has 0 fully saturated rings. The molecule has 0 aliphatic heterocycles. The fraction of sp³-hybridized carbons (Fsp3) is 0.833. The van der Waals surface area contributed by atoms with Crippen molar-refractivity contribution in [1.29, 1.82) is 0 Å². The van der Waals surface area contributed by atoms with Gasteiger partial charge >= 0.3 is 0 Å². The molecule has 0 saturated heterocycles. The highest BCUT2D eigenvalue weighted by atomic mass is 16.3. The maximum absolute atomic E-state index is 9.94. The van der Waals surface area contributed by atoms with Gasteiger partial charge in [-0.05, 0) is 31.6 Å². The van der Waals surface area contributed by atoms with Crippen molar-refractivity contribution in [3.8, 4) is 0 Å². The molecule has 0 aliphatic rings. The van der Waals surface area contributed by atoms with Crippen LogP contribution < -0.4 is 0 Å². The van der Waals surface area contributed by atoms with Crippen LogP contribution in [0.15, 0.2) is 11.6 Å². The molecule has 0 aromatic carbocycles. The predicted octanol–water partition coefficient (Wildman–Crippen LogP) is 3.39. The number of aliphatic hydroxyl groups excluding tert-OH is 1. The second-order valence-electron chi connectivity index (χ2n) is 5.16. The van der Waals surface area contributed by atoms with E-state index in [4.69, 9.17) is 0 Å². The third kappa shape index (κ3) is 4.47. The lowest BCUT2D eigenvalue weighted by Crippen LogP contribution is -2.33. The first kappa shape index (κ1) is 12.7. The molecule has 13 heavy (non-hydrogen) atoms. The molecule has 0 rings (SSSR count). The Bertz CT molecular complexity index is 174. The van der Waals surface area contributed by atoms with Gasteiger partial charge in [0.25, 0.3) is 0 Å². The lowest BCUT2D eigenvalue weighted by atomic mass is 9.78. The van der Waals surface area contributed by atoms with Crippen molar-refractivity contribution in [1.82, 2.24) is 0 Å². The van der Waals surface area contributed by atoms with Gasteiger partial charge in [-0.1, -0.05) is 39.3 Å². The van der Waals surface area contributed by atoms with Crippen LogP contribution in [0.25, 0.3) is 0 Å². The smallest absolute Gasteiger partial charge is 0.0616 e. The van der Waals surface area contributed by atoms with E-state index in [1.807, 2.05) is 0 Å². The third-order valence-electron chi connectivity index (χ3n) is 2.47. The monoisotopic (exact) mass is 184 g/mol. The summed E-state index contributed by atoms with van der Waals surface area (Å²) in [5.41, 5.74) is 1.31. The number of aliphatic hydroxyl groups is 1. The topological polar surface area (TPSA) is 20.2 Å².